The molecule has 0 bridgehead atoms. The third kappa shape index (κ3) is 7.62. The Bertz CT molecular complexity index is 746. The number of nitrogens with one attached hydrogen (secondary N) is 1. The maximum atomic E-state index is 13.3. The number of methoxy groups -OCH3 is 1. The summed E-state index contributed by atoms with van der Waals surface area (Å²) in [6.45, 7) is 4.47. The van der Waals surface area contributed by atoms with Crippen LogP contribution in [-0.2, 0) is 4.79 Å². The Labute approximate surface area is 182 Å². The zero-order chi connectivity index (χ0) is 21.6. The summed E-state index contributed by atoms with van der Waals surface area (Å²) in [5, 5.41) is 4.13. The average Bonchev–Trinajstić information content (AvgIpc) is 2.77. The van der Waals surface area contributed by atoms with E-state index in [0.717, 1.165) is 42.3 Å². The molecule has 1 aromatic heterocycles. The van der Waals surface area contributed by atoms with E-state index in [9.17, 15) is 4.79 Å². The molecule has 1 amide bonds. The van der Waals surface area contributed by atoms with Gasteiger partial charge in [0.05, 0.1) is 18.3 Å². The van der Waals surface area contributed by atoms with Crippen LogP contribution in [0.5, 0.6) is 5.75 Å². The third-order valence-corrected chi connectivity index (χ3v) is 5.90. The molecule has 30 heavy (non-hydrogen) atoms. The highest BCUT2D eigenvalue weighted by atomic mass is 16.5. The minimum Gasteiger partial charge on any atom is -0.495 e. The van der Waals surface area contributed by atoms with Crippen LogP contribution in [-0.4, -0.2) is 18.0 Å². The molecule has 1 heterocycles. The van der Waals surface area contributed by atoms with Gasteiger partial charge in [0.15, 0.2) is 0 Å². The van der Waals surface area contributed by atoms with E-state index in [-0.39, 0.29) is 11.8 Å². The first-order valence-electron chi connectivity index (χ1n) is 11.9. The van der Waals surface area contributed by atoms with E-state index in [1.165, 1.54) is 51.4 Å². The largest absolute Gasteiger partial charge is 0.495 e. The number of anilines is 1. The number of carbonyl (C=O) groups is 1. The lowest BCUT2D eigenvalue weighted by Gasteiger charge is -2.19. The van der Waals surface area contributed by atoms with E-state index in [1.54, 1.807) is 13.3 Å². The van der Waals surface area contributed by atoms with E-state index in [0.29, 0.717) is 5.75 Å². The molecule has 4 nitrogen and oxygen atoms in total. The molecule has 1 aromatic carbocycles. The number of ether oxygens (including phenoxy) is 1. The molecule has 0 unspecified atom stereocenters. The number of aromatic nitrogens is 1. The Kier molecular flexibility index (Phi) is 11.3. The molecule has 4 heteroatoms. The summed E-state index contributed by atoms with van der Waals surface area (Å²) in [5.74, 6) is 0.869. The first-order chi connectivity index (χ1) is 14.7. The van der Waals surface area contributed by atoms with Crippen LogP contribution in [0.4, 0.5) is 5.69 Å². The number of pyridine rings is 1. The number of rotatable bonds is 15. The van der Waals surface area contributed by atoms with Gasteiger partial charge >= 0.3 is 0 Å². The van der Waals surface area contributed by atoms with Gasteiger partial charge in [0.25, 0.3) is 0 Å². The van der Waals surface area contributed by atoms with Crippen molar-refractivity contribution in [3.05, 3.63) is 30.5 Å². The number of amides is 1. The molecule has 0 aliphatic rings. The lowest BCUT2D eigenvalue weighted by atomic mass is 9.93. The molecule has 0 saturated carbocycles. The molecule has 2 rings (SSSR count). The van der Waals surface area contributed by atoms with Crippen molar-refractivity contribution in [2.24, 2.45) is 5.92 Å². The minimum atomic E-state index is 0.0601. The van der Waals surface area contributed by atoms with Gasteiger partial charge in [-0.25, -0.2) is 0 Å². The molecule has 0 aliphatic heterocycles. The number of fused-ring (bicyclic) bond motifs is 1. The van der Waals surface area contributed by atoms with Gasteiger partial charge in [0.2, 0.25) is 5.91 Å². The van der Waals surface area contributed by atoms with Crippen molar-refractivity contribution in [2.75, 3.05) is 12.4 Å². The highest BCUT2D eigenvalue weighted by Gasteiger charge is 2.20. The van der Waals surface area contributed by atoms with Crippen molar-refractivity contribution < 1.29 is 9.53 Å². The molecular formula is C26H40N2O2. The molecule has 166 valence electrons. The monoisotopic (exact) mass is 412 g/mol. The number of carbonyl (C=O) groups excluding carboxylic acids is 1. The minimum absolute atomic E-state index is 0.0601. The summed E-state index contributed by atoms with van der Waals surface area (Å²) >= 11 is 0. The van der Waals surface area contributed by atoms with Gasteiger partial charge in [-0.2, -0.15) is 0 Å². The van der Waals surface area contributed by atoms with E-state index >= 15 is 0 Å². The van der Waals surface area contributed by atoms with Gasteiger partial charge in [-0.3, -0.25) is 9.78 Å². The lowest BCUT2D eigenvalue weighted by Crippen LogP contribution is -2.23. The van der Waals surface area contributed by atoms with Gasteiger partial charge in [-0.1, -0.05) is 78.1 Å². The Morgan fingerprint density at radius 3 is 2.17 bits per heavy atom. The maximum Gasteiger partial charge on any atom is 0.227 e. The summed E-state index contributed by atoms with van der Waals surface area (Å²) in [5.41, 5.74) is 1.61. The van der Waals surface area contributed by atoms with Crippen LogP contribution in [0.2, 0.25) is 0 Å². The third-order valence-electron chi connectivity index (χ3n) is 5.90. The molecule has 2 aromatic rings. The first-order valence-corrected chi connectivity index (χ1v) is 11.9. The Balaban J connectivity index is 2.07. The van der Waals surface area contributed by atoms with Crippen molar-refractivity contribution in [3.8, 4) is 5.75 Å². The Morgan fingerprint density at radius 1 is 0.933 bits per heavy atom. The summed E-state index contributed by atoms with van der Waals surface area (Å²) < 4.78 is 5.54. The van der Waals surface area contributed by atoms with Crippen molar-refractivity contribution in [2.45, 2.75) is 90.9 Å². The van der Waals surface area contributed by atoms with Gasteiger partial charge in [0, 0.05) is 17.5 Å². The predicted molar refractivity (Wildman–Crippen MR) is 127 cm³/mol. The summed E-state index contributed by atoms with van der Waals surface area (Å²) in [7, 11) is 1.64. The molecule has 0 spiro atoms. The standard InChI is InChI=1S/C26H40N2O2/c1-4-6-8-10-12-15-21(16-13-11-9-7-5-2)26(29)28-25-22-17-14-20-27-23(22)18-19-24(25)30-3/h14,17-21H,4-13,15-16H2,1-3H3,(H,28,29). The second kappa shape index (κ2) is 14.0. The van der Waals surface area contributed by atoms with Crippen molar-refractivity contribution in [1.82, 2.24) is 4.98 Å². The second-order valence-electron chi connectivity index (χ2n) is 8.30. The number of hydrogen-bond acceptors (Lipinski definition) is 3. The average molecular weight is 413 g/mol. The normalized spacial score (nSPS) is 11.2. The fraction of sp³-hybridized carbons (Fsp3) is 0.615. The van der Waals surface area contributed by atoms with Gasteiger partial charge in [-0.15, -0.1) is 0 Å². The van der Waals surface area contributed by atoms with Crippen LogP contribution in [0.1, 0.15) is 90.9 Å². The van der Waals surface area contributed by atoms with E-state index in [2.05, 4.69) is 24.1 Å². The van der Waals surface area contributed by atoms with Crippen LogP contribution in [0, 0.1) is 5.92 Å². The van der Waals surface area contributed by atoms with Crippen LogP contribution < -0.4 is 10.1 Å². The van der Waals surface area contributed by atoms with Crippen molar-refractivity contribution in [1.29, 1.82) is 0 Å². The predicted octanol–water partition coefficient (Wildman–Crippen LogP) is 7.52. The second-order valence-corrected chi connectivity index (χ2v) is 8.30. The topological polar surface area (TPSA) is 51.2 Å². The Hall–Kier alpha value is -2.10. The SMILES string of the molecule is CCCCCCCC(CCCCCCC)C(=O)Nc1c(OC)ccc2ncccc12. The van der Waals surface area contributed by atoms with Crippen LogP contribution in [0.15, 0.2) is 30.5 Å². The molecule has 1 N–H and O–H groups in total. The number of benzene rings is 1. The molecule has 0 atom stereocenters. The van der Waals surface area contributed by atoms with Crippen molar-refractivity contribution in [3.63, 3.8) is 0 Å². The molecule has 0 aliphatic carbocycles. The first kappa shape index (κ1) is 24.2. The number of unbranched alkanes of at least 4 members (excludes halogenated alkanes) is 8. The molecule has 0 radical (unpaired) electrons. The summed E-state index contributed by atoms with van der Waals surface area (Å²) in [4.78, 5) is 17.7. The van der Waals surface area contributed by atoms with E-state index in [1.807, 2.05) is 24.3 Å². The quantitative estimate of drug-likeness (QED) is 0.308. The van der Waals surface area contributed by atoms with Crippen LogP contribution in [0.25, 0.3) is 10.9 Å². The van der Waals surface area contributed by atoms with E-state index < -0.39 is 0 Å². The Morgan fingerprint density at radius 2 is 1.57 bits per heavy atom. The zero-order valence-electron chi connectivity index (χ0n) is 19.2. The van der Waals surface area contributed by atoms with Crippen molar-refractivity contribution >= 4 is 22.5 Å². The molecular weight excluding hydrogens is 372 g/mol. The summed E-state index contributed by atoms with van der Waals surface area (Å²) in [6, 6.07) is 7.71. The highest BCUT2D eigenvalue weighted by Crippen LogP contribution is 2.33. The fourth-order valence-electron chi connectivity index (χ4n) is 4.05. The van der Waals surface area contributed by atoms with Gasteiger partial charge in [-0.05, 0) is 37.1 Å². The fourth-order valence-corrected chi connectivity index (χ4v) is 4.05. The highest BCUT2D eigenvalue weighted by molar-refractivity contribution is 6.04. The van der Waals surface area contributed by atoms with Gasteiger partial charge in [0.1, 0.15) is 5.75 Å². The lowest BCUT2D eigenvalue weighted by molar-refractivity contribution is -0.120. The van der Waals surface area contributed by atoms with E-state index in [4.69, 9.17) is 4.74 Å². The zero-order valence-corrected chi connectivity index (χ0v) is 19.2. The molecule has 0 saturated heterocycles. The van der Waals surface area contributed by atoms with Crippen LogP contribution >= 0.6 is 0 Å². The van der Waals surface area contributed by atoms with Gasteiger partial charge < -0.3 is 10.1 Å². The smallest absolute Gasteiger partial charge is 0.227 e. The molecule has 0 fully saturated rings. The number of nitrogens with zero attached hydrogens (tertiary/aromatic N) is 1. The maximum absolute atomic E-state index is 13.3. The number of hydrogen-bond donors (Lipinski definition) is 1. The van der Waals surface area contributed by atoms with Crippen LogP contribution in [0.3, 0.4) is 0 Å². The summed E-state index contributed by atoms with van der Waals surface area (Å²) in [6.07, 6.45) is 16.0.